The zero-order valence-electron chi connectivity index (χ0n) is 65.8. The van der Waals surface area contributed by atoms with Crippen molar-refractivity contribution in [2.24, 2.45) is 21.7 Å². The summed E-state index contributed by atoms with van der Waals surface area (Å²) in [5.41, 5.74) is 9.54. The molecule has 8 aromatic carbocycles. The molecule has 31 nitrogen and oxygen atoms in total. The van der Waals surface area contributed by atoms with Crippen molar-refractivity contribution >= 4 is 164 Å². The molecule has 644 valence electrons. The van der Waals surface area contributed by atoms with E-state index < -0.39 is 72.3 Å². The summed E-state index contributed by atoms with van der Waals surface area (Å²) in [6.07, 6.45) is 10.2. The van der Waals surface area contributed by atoms with Gasteiger partial charge in [0.2, 0.25) is 17.6 Å². The number of carboxylic acids is 2. The molecule has 11 aromatic rings. The fourth-order valence-electron chi connectivity index (χ4n) is 8.90. The summed E-state index contributed by atoms with van der Waals surface area (Å²) in [7, 11) is -10.4. The smallest absolute Gasteiger partial charge is 0.338 e. The van der Waals surface area contributed by atoms with E-state index >= 15 is 0 Å². The fourth-order valence-corrected chi connectivity index (χ4v) is 13.0. The summed E-state index contributed by atoms with van der Waals surface area (Å²) in [4.78, 5) is 86.4. The highest BCUT2D eigenvalue weighted by Gasteiger charge is 2.16. The Labute approximate surface area is 728 Å². The molecule has 0 saturated heterocycles. The number of methoxy groups -OCH3 is 4. The number of carbonyl (C=O) groups is 6. The molecular weight excluding hydrogens is 1790 g/mol. The van der Waals surface area contributed by atoms with Gasteiger partial charge < -0.3 is 34.6 Å². The lowest BCUT2D eigenvalue weighted by Gasteiger charge is -2.07. The number of Topliss-reactive ketones (excluding diaryl/α,β-unsaturated/α-hetero) is 1. The van der Waals surface area contributed by atoms with Crippen molar-refractivity contribution in [1.82, 2.24) is 25.8 Å². The number of benzene rings is 8. The van der Waals surface area contributed by atoms with Gasteiger partial charge in [-0.25, -0.2) is 93.1 Å². The predicted octanol–water partition coefficient (Wildman–Crippen LogP) is 13.1. The van der Waals surface area contributed by atoms with Crippen LogP contribution in [0.25, 0.3) is 0 Å². The van der Waals surface area contributed by atoms with Crippen LogP contribution in [-0.2, 0) is 60.3 Å². The number of aliphatic imine (C=N–C) groups is 2. The van der Waals surface area contributed by atoms with Gasteiger partial charge in [-0.1, -0.05) is 113 Å². The van der Waals surface area contributed by atoms with E-state index in [2.05, 4.69) is 35.1 Å². The molecule has 0 fully saturated rings. The van der Waals surface area contributed by atoms with E-state index in [1.807, 2.05) is 23.6 Å². The Morgan fingerprint density at radius 3 is 1.04 bits per heavy atom. The number of esters is 1. The second kappa shape index (κ2) is 49.1. The number of pyridine rings is 3. The number of aromatic carboxylic acids is 2. The number of ether oxygens (including phenoxy) is 4. The van der Waals surface area contributed by atoms with Crippen molar-refractivity contribution in [1.29, 1.82) is 0 Å². The van der Waals surface area contributed by atoms with Crippen LogP contribution in [0.5, 0.6) is 17.6 Å². The van der Waals surface area contributed by atoms with E-state index in [4.69, 9.17) is 94.1 Å². The lowest BCUT2D eigenvalue weighted by atomic mass is 10.0. The molecule has 3 aromatic heterocycles. The fraction of sp³-hybridized carbons (Fsp3) is 0.123. The molecular formula is C81H78Cl5N9O22S5. The summed E-state index contributed by atoms with van der Waals surface area (Å²) in [5, 5.41) is 18.2. The highest BCUT2D eigenvalue weighted by Crippen LogP contribution is 2.28. The maximum absolute atomic E-state index is 12.1. The monoisotopic (exact) mass is 1860 g/mol. The van der Waals surface area contributed by atoms with Crippen molar-refractivity contribution < 1.29 is 100 Å². The topological polar surface area (TPSA) is 490 Å². The number of amidine groups is 1. The summed E-state index contributed by atoms with van der Waals surface area (Å²) in [6, 6.07) is 59.2. The number of para-hydroxylation sites is 2. The number of hydrogen-bond donors (Lipinski definition) is 6. The first-order chi connectivity index (χ1) is 57.3. The number of nitrogen functional groups attached to an aromatic ring is 1. The van der Waals surface area contributed by atoms with Crippen LogP contribution in [-0.4, -0.2) is 173 Å². The van der Waals surface area contributed by atoms with Gasteiger partial charge in [-0.2, -0.15) is 0 Å². The number of nitrogens with two attached hydrogens (primary N) is 2. The van der Waals surface area contributed by atoms with Gasteiger partial charge in [-0.3, -0.25) is 19.8 Å². The van der Waals surface area contributed by atoms with E-state index in [0.717, 1.165) is 36.8 Å². The highest BCUT2D eigenvalue weighted by molar-refractivity contribution is 7.91. The van der Waals surface area contributed by atoms with E-state index in [1.54, 1.807) is 91.0 Å². The summed E-state index contributed by atoms with van der Waals surface area (Å²) in [5.74, 6) is 9.00. The van der Waals surface area contributed by atoms with Crippen LogP contribution in [0.3, 0.4) is 0 Å². The van der Waals surface area contributed by atoms with Gasteiger partial charge in [0.05, 0.1) is 91.0 Å². The number of hydrazine groups is 2. The largest absolute Gasteiger partial charge is 0.481 e. The molecule has 0 aliphatic carbocycles. The number of amides is 1. The number of nitrogens with one attached hydrogen (secondary N) is 2. The first-order valence-corrected chi connectivity index (χ1v) is 45.5. The van der Waals surface area contributed by atoms with Crippen LogP contribution >= 0.6 is 58.0 Å². The molecule has 0 atom stereocenters. The van der Waals surface area contributed by atoms with Crippen LogP contribution in [0.2, 0.25) is 15.1 Å². The molecule has 0 spiro atoms. The molecule has 3 heterocycles. The van der Waals surface area contributed by atoms with E-state index in [0.29, 0.717) is 77.7 Å². The number of carboxylic acid groups (broad SMARTS) is 2. The molecule has 0 aliphatic rings. The average Bonchev–Trinajstić information content (AvgIpc) is 0.860. The van der Waals surface area contributed by atoms with Crippen molar-refractivity contribution in [3.8, 4) is 17.6 Å². The Hall–Kier alpha value is -11.9. The van der Waals surface area contributed by atoms with Crippen LogP contribution < -0.4 is 36.7 Å². The first kappa shape index (κ1) is 102. The van der Waals surface area contributed by atoms with E-state index in [9.17, 15) is 70.9 Å². The maximum atomic E-state index is 12.1. The number of rotatable bonds is 20. The van der Waals surface area contributed by atoms with Crippen molar-refractivity contribution in [2.45, 2.75) is 30.9 Å². The van der Waals surface area contributed by atoms with Gasteiger partial charge >= 0.3 is 17.9 Å². The SMILES string of the molecule is COC(=O)c1ccnc(OC)c1.COc1cc(C(=O)NN)ccn1.COc1cc(C(=O)O)ccn1.CS(=O)(=O)c1ccc(C(=Nc2ccccc2Cl)NN)cc1.CS(=O)(=O)c1ccc(C(=O)Cc2ccccc2Cl)cc1.CS(=O)(=O)c1ccc(C(=O)Cl)cc1.CS(=O)(=O)c1ccc(C(=O)O)cc1.CS(=O)(=O)c1ccc(C(Cl)=Nc2ccccc2Cl)cc1. The van der Waals surface area contributed by atoms with Gasteiger partial charge in [-0.15, -0.1) is 0 Å². The second-order valence-corrected chi connectivity index (χ2v) is 36.2. The molecule has 0 saturated carbocycles. The Bertz CT molecular complexity index is 5990. The van der Waals surface area contributed by atoms with Crippen LogP contribution in [0, 0.1) is 0 Å². The number of halogens is 5. The summed E-state index contributed by atoms with van der Waals surface area (Å²) >= 11 is 29.4. The molecule has 0 unspecified atom stereocenters. The van der Waals surface area contributed by atoms with Crippen LogP contribution in [0.4, 0.5) is 11.4 Å². The van der Waals surface area contributed by atoms with Crippen LogP contribution in [0.15, 0.2) is 284 Å². The number of carbonyl (C=O) groups excluding carboxylic acids is 4. The van der Waals surface area contributed by atoms with Gasteiger partial charge in [0.15, 0.2) is 55.0 Å². The molecule has 41 heteroatoms. The Morgan fingerprint density at radius 2 is 0.697 bits per heavy atom. The minimum absolute atomic E-state index is 0.0763. The molecule has 8 N–H and O–H groups in total. The lowest BCUT2D eigenvalue weighted by Crippen LogP contribution is -2.30. The Balaban J connectivity index is 0.000000296. The summed E-state index contributed by atoms with van der Waals surface area (Å²) < 4.78 is 131. The Morgan fingerprint density at radius 1 is 0.377 bits per heavy atom. The van der Waals surface area contributed by atoms with Crippen molar-refractivity contribution in [3.63, 3.8) is 0 Å². The number of ketones is 1. The molecule has 0 aliphatic heterocycles. The van der Waals surface area contributed by atoms with Crippen molar-refractivity contribution in [2.75, 3.05) is 59.7 Å². The standard InChI is InChI=1S/C15H13ClO3S.C14H11Cl2NO2S.C14H14ClN3O2S.C8H7ClO3S.C8H9NO3.C8H8O4S.C7H9N3O2.C7H7NO3/c1-20(18,19)13-8-6-11(7-9-13)15(17)10-12-4-2-3-5-14(12)16;1-20(18,19)11-8-6-10(7-9-11)14(16)17-13-5-3-2-4-12(13)15;1-21(19,20)11-8-6-10(7-9-11)14(18-16)17-13-5-3-2-4-12(13)15;1-13(11,12)7-4-2-6(3-5-7)8(9)10;1-11-7-5-6(3-4-9-7)8(10)12-2;1-13(11,12)7-4-2-6(3-5-7)8(9)10;1-12-6-4-5(2-3-9-6)7(11)10-8;1-11-6-4-5(7(9)10)2-3-8-6/h2-9H,10H2,1H3;2-9H,1H3;2-9H,16H2,1H3,(H,17,18);2-5H,1H3;3-5H,1-2H3;2-5H,1H3,(H,9,10);2-4H,8H2,1H3,(H,10,11);2-4H,1H3,(H,9,10). The zero-order chi connectivity index (χ0) is 91.3. The second-order valence-electron chi connectivity index (χ2n) is 24.2. The normalized spacial score (nSPS) is 11.0. The van der Waals surface area contributed by atoms with Gasteiger partial charge in [0.25, 0.3) is 11.1 Å². The molecule has 11 rings (SSSR count). The van der Waals surface area contributed by atoms with E-state index in [-0.39, 0.29) is 64.4 Å². The maximum Gasteiger partial charge on any atom is 0.338 e. The van der Waals surface area contributed by atoms with Gasteiger partial charge in [-0.05, 0) is 163 Å². The van der Waals surface area contributed by atoms with Gasteiger partial charge in [0, 0.05) is 107 Å². The Kier molecular flexibility index (Phi) is 41.2. The molecule has 0 bridgehead atoms. The minimum Gasteiger partial charge on any atom is -0.481 e. The third kappa shape index (κ3) is 35.4. The van der Waals surface area contributed by atoms with Crippen LogP contribution in [0.1, 0.15) is 78.8 Å². The molecule has 122 heavy (non-hydrogen) atoms. The average molecular weight is 1870 g/mol. The number of aromatic nitrogens is 3. The highest BCUT2D eigenvalue weighted by atomic mass is 35.5. The first-order valence-electron chi connectivity index (χ1n) is 34.1. The number of sulfone groups is 5. The molecule has 1 amide bonds. The minimum atomic E-state index is -3.24. The number of hydrogen-bond acceptors (Lipinski definition) is 27. The zero-order valence-corrected chi connectivity index (χ0v) is 73.6. The summed E-state index contributed by atoms with van der Waals surface area (Å²) in [6.45, 7) is 0. The van der Waals surface area contributed by atoms with Gasteiger partial charge in [0.1, 0.15) is 11.0 Å². The molecule has 0 radical (unpaired) electrons. The third-order valence-electron chi connectivity index (χ3n) is 15.2. The predicted molar refractivity (Wildman–Crippen MR) is 465 cm³/mol. The third-order valence-corrected chi connectivity index (χ3v) is 22.4. The number of nitrogens with zero attached hydrogens (tertiary/aromatic N) is 5. The van der Waals surface area contributed by atoms with E-state index in [1.165, 1.54) is 168 Å². The lowest BCUT2D eigenvalue weighted by molar-refractivity contribution is 0.0598. The quantitative estimate of drug-likeness (QED) is 0.00603. The van der Waals surface area contributed by atoms with Crippen molar-refractivity contribution in [3.05, 3.63) is 314 Å².